The molecule has 0 saturated carbocycles. The lowest BCUT2D eigenvalue weighted by Gasteiger charge is -2.27. The smallest absolute Gasteiger partial charge is 0.345 e. The third kappa shape index (κ3) is 3.27. The van der Waals surface area contributed by atoms with Crippen molar-refractivity contribution in [2.75, 3.05) is 5.32 Å². The minimum atomic E-state index is -0.578. The van der Waals surface area contributed by atoms with Crippen LogP contribution < -0.4 is 16.3 Å². The Morgan fingerprint density at radius 2 is 1.58 bits per heavy atom. The Kier molecular flexibility index (Phi) is 4.33. The van der Waals surface area contributed by atoms with Gasteiger partial charge in [0, 0.05) is 22.8 Å². The first-order valence-electron chi connectivity index (χ1n) is 10.5. The van der Waals surface area contributed by atoms with E-state index < -0.39 is 11.8 Å². The SMILES string of the molecule is O=C1N[C@@H](c2cn(-c3ccccc3)nc2-c2cc3ccccc3oc2=O)Nc2ccccc21. The first-order chi connectivity index (χ1) is 16.2. The van der Waals surface area contributed by atoms with Crippen LogP contribution in [0.3, 0.4) is 0 Å². The highest BCUT2D eigenvalue weighted by Gasteiger charge is 2.29. The monoisotopic (exact) mass is 434 g/mol. The average Bonchev–Trinajstić information content (AvgIpc) is 3.29. The molecular weight excluding hydrogens is 416 g/mol. The molecule has 0 radical (unpaired) electrons. The number of nitrogens with zero attached hydrogens (tertiary/aromatic N) is 2. The van der Waals surface area contributed by atoms with E-state index in [0.717, 1.165) is 16.8 Å². The topological polar surface area (TPSA) is 89.2 Å². The van der Waals surface area contributed by atoms with Gasteiger partial charge in [0.1, 0.15) is 17.4 Å². The van der Waals surface area contributed by atoms with E-state index in [9.17, 15) is 9.59 Å². The predicted molar refractivity (Wildman–Crippen MR) is 125 cm³/mol. The first-order valence-corrected chi connectivity index (χ1v) is 10.5. The van der Waals surface area contributed by atoms with Gasteiger partial charge in [-0.05, 0) is 36.4 Å². The Hall–Kier alpha value is -4.65. The molecule has 3 aromatic carbocycles. The maximum atomic E-state index is 13.0. The van der Waals surface area contributed by atoms with Crippen molar-refractivity contribution in [1.29, 1.82) is 0 Å². The number of amides is 1. The molecule has 7 nitrogen and oxygen atoms in total. The first kappa shape index (κ1) is 19.1. The molecule has 0 saturated heterocycles. The van der Waals surface area contributed by atoms with Crippen LogP contribution in [0.4, 0.5) is 5.69 Å². The molecule has 160 valence electrons. The molecule has 33 heavy (non-hydrogen) atoms. The Bertz CT molecular complexity index is 1570. The van der Waals surface area contributed by atoms with Gasteiger partial charge >= 0.3 is 5.63 Å². The fraction of sp³-hybridized carbons (Fsp3) is 0.0385. The second-order valence-corrected chi connectivity index (χ2v) is 7.79. The van der Waals surface area contributed by atoms with Crippen LogP contribution in [0.2, 0.25) is 0 Å². The van der Waals surface area contributed by atoms with Crippen LogP contribution >= 0.6 is 0 Å². The fourth-order valence-corrected chi connectivity index (χ4v) is 4.11. The lowest BCUT2D eigenvalue weighted by molar-refractivity contribution is 0.0936. The van der Waals surface area contributed by atoms with Crippen molar-refractivity contribution in [3.63, 3.8) is 0 Å². The summed E-state index contributed by atoms with van der Waals surface area (Å²) in [5, 5.41) is 11.9. The maximum Gasteiger partial charge on any atom is 0.345 e. The van der Waals surface area contributed by atoms with Crippen molar-refractivity contribution < 1.29 is 9.21 Å². The summed E-state index contributed by atoms with van der Waals surface area (Å²) in [6, 6.07) is 26.0. The number of carbonyl (C=O) groups is 1. The highest BCUT2D eigenvalue weighted by molar-refractivity contribution is 6.01. The normalized spacial score (nSPS) is 15.0. The summed E-state index contributed by atoms with van der Waals surface area (Å²) in [6.07, 6.45) is 1.25. The van der Waals surface area contributed by atoms with Crippen LogP contribution in [0, 0.1) is 0 Å². The van der Waals surface area contributed by atoms with Crippen LogP contribution in [-0.4, -0.2) is 15.7 Å². The van der Waals surface area contributed by atoms with Gasteiger partial charge in [0.2, 0.25) is 0 Å². The van der Waals surface area contributed by atoms with Crippen LogP contribution in [0.25, 0.3) is 27.9 Å². The minimum Gasteiger partial charge on any atom is -0.422 e. The maximum absolute atomic E-state index is 13.0. The zero-order chi connectivity index (χ0) is 22.4. The standard InChI is InChI=1S/C26H18N4O3/c31-25-18-11-5-6-12-21(18)27-24(28-25)20-15-30(17-9-2-1-3-10-17)29-23(20)19-14-16-8-4-7-13-22(16)33-26(19)32/h1-15,24,27H,(H,28,31)/t24-/m0/s1. The molecule has 2 aromatic heterocycles. The molecule has 0 aliphatic carbocycles. The Labute approximate surface area is 188 Å². The quantitative estimate of drug-likeness (QED) is 0.408. The molecule has 3 heterocycles. The third-order valence-corrected chi connectivity index (χ3v) is 5.72. The summed E-state index contributed by atoms with van der Waals surface area (Å²) in [4.78, 5) is 25.7. The lowest BCUT2D eigenvalue weighted by Crippen LogP contribution is -2.38. The summed E-state index contributed by atoms with van der Waals surface area (Å²) in [7, 11) is 0. The number of benzene rings is 3. The highest BCUT2D eigenvalue weighted by atomic mass is 16.4. The van der Waals surface area contributed by atoms with E-state index in [1.165, 1.54) is 0 Å². The summed E-state index contributed by atoms with van der Waals surface area (Å²) in [5.41, 5.74) is 3.56. The van der Waals surface area contributed by atoms with Crippen LogP contribution in [-0.2, 0) is 0 Å². The van der Waals surface area contributed by atoms with E-state index in [4.69, 9.17) is 9.52 Å². The molecule has 1 atom stereocenters. The summed E-state index contributed by atoms with van der Waals surface area (Å²) in [6.45, 7) is 0. The predicted octanol–water partition coefficient (Wildman–Crippen LogP) is 4.50. The van der Waals surface area contributed by atoms with Gasteiger partial charge in [0.05, 0.1) is 16.8 Å². The van der Waals surface area contributed by atoms with Crippen LogP contribution in [0.15, 0.2) is 100 Å². The number of aromatic nitrogens is 2. The van der Waals surface area contributed by atoms with Crippen molar-refractivity contribution in [1.82, 2.24) is 15.1 Å². The van der Waals surface area contributed by atoms with Crippen molar-refractivity contribution in [2.24, 2.45) is 0 Å². The summed E-state index contributed by atoms with van der Waals surface area (Å²) >= 11 is 0. The number of fused-ring (bicyclic) bond motifs is 2. The number of anilines is 1. The van der Waals surface area contributed by atoms with E-state index in [2.05, 4.69) is 10.6 Å². The van der Waals surface area contributed by atoms with Gasteiger partial charge < -0.3 is 15.1 Å². The third-order valence-electron chi connectivity index (χ3n) is 5.72. The van der Waals surface area contributed by atoms with Gasteiger partial charge in [-0.15, -0.1) is 0 Å². The molecule has 5 aromatic rings. The Morgan fingerprint density at radius 3 is 2.45 bits per heavy atom. The van der Waals surface area contributed by atoms with Crippen molar-refractivity contribution in [3.8, 4) is 16.9 Å². The number of hydrogen-bond donors (Lipinski definition) is 2. The molecule has 7 heteroatoms. The zero-order valence-corrected chi connectivity index (χ0v) is 17.4. The van der Waals surface area contributed by atoms with Gasteiger partial charge in [-0.25, -0.2) is 9.48 Å². The van der Waals surface area contributed by atoms with Crippen LogP contribution in [0.5, 0.6) is 0 Å². The van der Waals surface area contributed by atoms with Crippen LogP contribution in [0.1, 0.15) is 22.1 Å². The largest absolute Gasteiger partial charge is 0.422 e. The molecule has 1 aliphatic rings. The fourth-order valence-electron chi connectivity index (χ4n) is 4.11. The molecule has 0 spiro atoms. The van der Waals surface area contributed by atoms with E-state index in [0.29, 0.717) is 28.0 Å². The molecule has 1 aliphatic heterocycles. The second-order valence-electron chi connectivity index (χ2n) is 7.79. The van der Waals surface area contributed by atoms with E-state index >= 15 is 0 Å². The van der Waals surface area contributed by atoms with E-state index in [-0.39, 0.29) is 5.91 Å². The number of para-hydroxylation sites is 3. The van der Waals surface area contributed by atoms with Gasteiger partial charge in [-0.3, -0.25) is 4.79 Å². The lowest BCUT2D eigenvalue weighted by atomic mass is 10.0. The number of rotatable bonds is 3. The Balaban J connectivity index is 1.54. The number of nitrogens with one attached hydrogen (secondary N) is 2. The van der Waals surface area contributed by atoms with Gasteiger partial charge in [0.25, 0.3) is 5.91 Å². The van der Waals surface area contributed by atoms with Crippen molar-refractivity contribution >= 4 is 22.6 Å². The molecule has 1 amide bonds. The van der Waals surface area contributed by atoms with Crippen molar-refractivity contribution in [3.05, 3.63) is 113 Å². The summed E-state index contributed by atoms with van der Waals surface area (Å²) < 4.78 is 7.27. The van der Waals surface area contributed by atoms with Crippen molar-refractivity contribution in [2.45, 2.75) is 6.17 Å². The van der Waals surface area contributed by atoms with Gasteiger partial charge in [-0.2, -0.15) is 5.10 Å². The number of carbonyl (C=O) groups excluding carboxylic acids is 1. The molecule has 0 unspecified atom stereocenters. The molecule has 0 fully saturated rings. The molecule has 2 N–H and O–H groups in total. The second kappa shape index (κ2) is 7.49. The van der Waals surface area contributed by atoms with E-state index in [1.807, 2.05) is 72.9 Å². The van der Waals surface area contributed by atoms with Gasteiger partial charge in [-0.1, -0.05) is 48.5 Å². The zero-order valence-electron chi connectivity index (χ0n) is 17.4. The number of hydrogen-bond acceptors (Lipinski definition) is 5. The average molecular weight is 434 g/mol. The molecule has 0 bridgehead atoms. The molecular formula is C26H18N4O3. The van der Waals surface area contributed by atoms with Gasteiger partial charge in [0.15, 0.2) is 0 Å². The van der Waals surface area contributed by atoms with E-state index in [1.54, 1.807) is 22.9 Å². The minimum absolute atomic E-state index is 0.196. The summed E-state index contributed by atoms with van der Waals surface area (Å²) in [5.74, 6) is -0.196. The molecule has 6 rings (SSSR count). The highest BCUT2D eigenvalue weighted by Crippen LogP contribution is 2.32. The Morgan fingerprint density at radius 1 is 0.818 bits per heavy atom.